The fourth-order valence-corrected chi connectivity index (χ4v) is 2.23. The molecule has 4 nitrogen and oxygen atoms in total. The fraction of sp³-hybridized carbons (Fsp3) is 0.529. The molecule has 1 rings (SSSR count). The van der Waals surface area contributed by atoms with Gasteiger partial charge in [-0.25, -0.2) is 0 Å². The van der Waals surface area contributed by atoms with Crippen LogP contribution in [0.1, 0.15) is 45.6 Å². The molecule has 0 aliphatic rings. The summed E-state index contributed by atoms with van der Waals surface area (Å²) in [6, 6.07) is 8.91. The highest BCUT2D eigenvalue weighted by molar-refractivity contribution is 5.89. The van der Waals surface area contributed by atoms with Gasteiger partial charge < -0.3 is 10.4 Å². The van der Waals surface area contributed by atoms with Crippen molar-refractivity contribution < 1.29 is 14.7 Å². The molecule has 1 amide bonds. The minimum atomic E-state index is -1.19. The molecular formula is C17H25NO3. The third kappa shape index (κ3) is 5.21. The molecule has 21 heavy (non-hydrogen) atoms. The predicted molar refractivity (Wildman–Crippen MR) is 83.1 cm³/mol. The lowest BCUT2D eigenvalue weighted by molar-refractivity contribution is -0.145. The SMILES string of the molecule is CC(C)CCCNC(=O)CC(C)(C(=O)O)c1ccccc1. The van der Waals surface area contributed by atoms with Crippen molar-refractivity contribution in [1.82, 2.24) is 5.32 Å². The second-order valence-corrected chi connectivity index (χ2v) is 6.07. The molecule has 0 aliphatic carbocycles. The van der Waals surface area contributed by atoms with Crippen molar-refractivity contribution in [2.75, 3.05) is 6.54 Å². The van der Waals surface area contributed by atoms with E-state index >= 15 is 0 Å². The summed E-state index contributed by atoms with van der Waals surface area (Å²) in [7, 11) is 0. The van der Waals surface area contributed by atoms with Gasteiger partial charge in [0.1, 0.15) is 0 Å². The summed E-state index contributed by atoms with van der Waals surface area (Å²) in [5, 5.41) is 12.3. The van der Waals surface area contributed by atoms with Crippen LogP contribution in [0.15, 0.2) is 30.3 Å². The number of carbonyl (C=O) groups excluding carboxylic acids is 1. The van der Waals surface area contributed by atoms with E-state index in [0.717, 1.165) is 12.8 Å². The Morgan fingerprint density at radius 1 is 1.24 bits per heavy atom. The van der Waals surface area contributed by atoms with Crippen LogP contribution >= 0.6 is 0 Å². The second-order valence-electron chi connectivity index (χ2n) is 6.07. The van der Waals surface area contributed by atoms with Gasteiger partial charge in [0, 0.05) is 13.0 Å². The molecule has 1 aromatic carbocycles. The molecule has 4 heteroatoms. The Hall–Kier alpha value is -1.84. The number of rotatable bonds is 8. The average Bonchev–Trinajstić information content (AvgIpc) is 2.44. The highest BCUT2D eigenvalue weighted by atomic mass is 16.4. The monoisotopic (exact) mass is 291 g/mol. The van der Waals surface area contributed by atoms with Gasteiger partial charge in [-0.15, -0.1) is 0 Å². The Morgan fingerprint density at radius 3 is 2.38 bits per heavy atom. The van der Waals surface area contributed by atoms with E-state index in [1.165, 1.54) is 0 Å². The van der Waals surface area contributed by atoms with E-state index < -0.39 is 11.4 Å². The minimum Gasteiger partial charge on any atom is -0.481 e. The molecule has 1 unspecified atom stereocenters. The van der Waals surface area contributed by atoms with Crippen LogP contribution in [-0.2, 0) is 15.0 Å². The number of nitrogens with one attached hydrogen (secondary N) is 1. The first-order valence-corrected chi connectivity index (χ1v) is 7.42. The van der Waals surface area contributed by atoms with E-state index in [9.17, 15) is 14.7 Å². The Bertz CT molecular complexity index is 470. The number of aliphatic carboxylic acids is 1. The zero-order valence-electron chi connectivity index (χ0n) is 13.1. The lowest BCUT2D eigenvalue weighted by atomic mass is 9.79. The van der Waals surface area contributed by atoms with Crippen LogP contribution in [0.2, 0.25) is 0 Å². The van der Waals surface area contributed by atoms with E-state index in [1.807, 2.05) is 6.07 Å². The Kier molecular flexibility index (Phi) is 6.40. The lowest BCUT2D eigenvalue weighted by Crippen LogP contribution is -2.39. The zero-order chi connectivity index (χ0) is 15.9. The van der Waals surface area contributed by atoms with Crippen LogP contribution in [0.5, 0.6) is 0 Å². The van der Waals surface area contributed by atoms with Gasteiger partial charge in [0.25, 0.3) is 0 Å². The number of benzene rings is 1. The minimum absolute atomic E-state index is 0.0476. The molecule has 0 fully saturated rings. The fourth-order valence-electron chi connectivity index (χ4n) is 2.23. The third-order valence-corrected chi connectivity index (χ3v) is 3.68. The third-order valence-electron chi connectivity index (χ3n) is 3.68. The maximum Gasteiger partial charge on any atom is 0.314 e. The molecule has 0 saturated heterocycles. The number of carbonyl (C=O) groups is 2. The first-order chi connectivity index (χ1) is 9.86. The molecule has 0 aliphatic heterocycles. The van der Waals surface area contributed by atoms with Gasteiger partial charge in [0.05, 0.1) is 5.41 Å². The van der Waals surface area contributed by atoms with E-state index in [0.29, 0.717) is 18.0 Å². The molecule has 0 bridgehead atoms. The molecule has 0 aromatic heterocycles. The maximum atomic E-state index is 12.0. The highest BCUT2D eigenvalue weighted by Crippen LogP contribution is 2.27. The van der Waals surface area contributed by atoms with Gasteiger partial charge in [0.2, 0.25) is 5.91 Å². The Labute approximate surface area is 126 Å². The van der Waals surface area contributed by atoms with Gasteiger partial charge in [-0.05, 0) is 31.2 Å². The molecular weight excluding hydrogens is 266 g/mol. The van der Waals surface area contributed by atoms with E-state index in [1.54, 1.807) is 31.2 Å². The number of carboxylic acid groups (broad SMARTS) is 1. The number of hydrogen-bond acceptors (Lipinski definition) is 2. The van der Waals surface area contributed by atoms with Gasteiger partial charge in [-0.1, -0.05) is 44.2 Å². The summed E-state index contributed by atoms with van der Waals surface area (Å²) < 4.78 is 0. The van der Waals surface area contributed by atoms with Crippen LogP contribution in [0.4, 0.5) is 0 Å². The van der Waals surface area contributed by atoms with Gasteiger partial charge in [-0.2, -0.15) is 0 Å². The van der Waals surface area contributed by atoms with E-state index in [4.69, 9.17) is 0 Å². The summed E-state index contributed by atoms with van der Waals surface area (Å²) in [4.78, 5) is 23.6. The summed E-state index contributed by atoms with van der Waals surface area (Å²) in [5.41, 5.74) is -0.543. The van der Waals surface area contributed by atoms with Crippen LogP contribution in [0.25, 0.3) is 0 Å². The first kappa shape index (κ1) is 17.2. The molecule has 2 N–H and O–H groups in total. The van der Waals surface area contributed by atoms with Crippen LogP contribution < -0.4 is 5.32 Å². The topological polar surface area (TPSA) is 66.4 Å². The van der Waals surface area contributed by atoms with Gasteiger partial charge in [-0.3, -0.25) is 9.59 Å². The summed E-state index contributed by atoms with van der Waals surface area (Å²) in [6.07, 6.45) is 1.92. The Morgan fingerprint density at radius 2 is 1.86 bits per heavy atom. The van der Waals surface area contributed by atoms with Gasteiger partial charge >= 0.3 is 5.97 Å². The van der Waals surface area contributed by atoms with Crippen molar-refractivity contribution in [3.8, 4) is 0 Å². The summed E-state index contributed by atoms with van der Waals surface area (Å²) >= 11 is 0. The number of hydrogen-bond donors (Lipinski definition) is 2. The maximum absolute atomic E-state index is 12.0. The van der Waals surface area contributed by atoms with Crippen LogP contribution in [0, 0.1) is 5.92 Å². The molecule has 116 valence electrons. The van der Waals surface area contributed by atoms with Crippen molar-refractivity contribution in [1.29, 1.82) is 0 Å². The molecule has 0 heterocycles. The summed E-state index contributed by atoms with van der Waals surface area (Å²) in [6.45, 7) is 6.47. The molecule has 1 atom stereocenters. The molecule has 0 radical (unpaired) electrons. The Balaban J connectivity index is 2.63. The van der Waals surface area contributed by atoms with Crippen molar-refractivity contribution in [3.63, 3.8) is 0 Å². The first-order valence-electron chi connectivity index (χ1n) is 7.42. The average molecular weight is 291 g/mol. The van der Waals surface area contributed by atoms with Crippen molar-refractivity contribution >= 4 is 11.9 Å². The molecule has 1 aromatic rings. The smallest absolute Gasteiger partial charge is 0.314 e. The largest absolute Gasteiger partial charge is 0.481 e. The standard InChI is InChI=1S/C17H25NO3/c1-13(2)8-7-11-18-15(19)12-17(3,16(20)21)14-9-5-4-6-10-14/h4-6,9-10,13H,7-8,11-12H2,1-3H3,(H,18,19)(H,20,21). The lowest BCUT2D eigenvalue weighted by Gasteiger charge is -2.24. The quantitative estimate of drug-likeness (QED) is 0.724. The van der Waals surface area contributed by atoms with Crippen molar-refractivity contribution in [3.05, 3.63) is 35.9 Å². The van der Waals surface area contributed by atoms with Crippen LogP contribution in [0.3, 0.4) is 0 Å². The summed E-state index contributed by atoms with van der Waals surface area (Å²) in [5.74, 6) is -0.589. The second kappa shape index (κ2) is 7.81. The van der Waals surface area contributed by atoms with Crippen LogP contribution in [-0.4, -0.2) is 23.5 Å². The van der Waals surface area contributed by atoms with E-state index in [2.05, 4.69) is 19.2 Å². The van der Waals surface area contributed by atoms with Crippen molar-refractivity contribution in [2.24, 2.45) is 5.92 Å². The molecule has 0 spiro atoms. The normalized spacial score (nSPS) is 13.7. The zero-order valence-corrected chi connectivity index (χ0v) is 13.1. The van der Waals surface area contributed by atoms with E-state index in [-0.39, 0.29) is 12.3 Å². The highest BCUT2D eigenvalue weighted by Gasteiger charge is 2.37. The van der Waals surface area contributed by atoms with Crippen molar-refractivity contribution in [2.45, 2.75) is 45.4 Å². The predicted octanol–water partition coefficient (Wildman–Crippen LogP) is 2.97. The molecule has 0 saturated carbocycles. The van der Waals surface area contributed by atoms with Gasteiger partial charge in [0.15, 0.2) is 0 Å². The number of amides is 1. The number of carboxylic acids is 1.